The van der Waals surface area contributed by atoms with E-state index in [4.69, 9.17) is 5.73 Å². The number of nitrogen functional groups attached to an aromatic ring is 1. The number of aromatic nitrogens is 3. The molecular weight excluding hydrogens is 228 g/mol. The minimum Gasteiger partial charge on any atom is -0.384 e. The summed E-state index contributed by atoms with van der Waals surface area (Å²) in [7, 11) is 0. The second kappa shape index (κ2) is 4.59. The van der Waals surface area contributed by atoms with Gasteiger partial charge in [0.15, 0.2) is 4.34 Å². The predicted octanol–water partition coefficient (Wildman–Crippen LogP) is 2.23. The Morgan fingerprint density at radius 1 is 1.47 bits per heavy atom. The average Bonchev–Trinajstić information content (AvgIpc) is 2.69. The van der Waals surface area contributed by atoms with E-state index >= 15 is 0 Å². The van der Waals surface area contributed by atoms with Crippen molar-refractivity contribution in [3.8, 4) is 0 Å². The number of anilines is 1. The number of thiazole rings is 1. The molecule has 0 unspecified atom stereocenters. The van der Waals surface area contributed by atoms with Gasteiger partial charge >= 0.3 is 0 Å². The van der Waals surface area contributed by atoms with Gasteiger partial charge in [0.25, 0.3) is 0 Å². The number of hydrogen-bond acceptors (Lipinski definition) is 6. The van der Waals surface area contributed by atoms with Gasteiger partial charge in [0, 0.05) is 24.1 Å². The second-order valence-electron chi connectivity index (χ2n) is 2.80. The summed E-state index contributed by atoms with van der Waals surface area (Å²) in [4.78, 5) is 12.7. The Morgan fingerprint density at radius 2 is 2.33 bits per heavy atom. The number of aryl methyl sites for hydroxylation is 1. The van der Waals surface area contributed by atoms with Crippen LogP contribution in [0.25, 0.3) is 0 Å². The fourth-order valence-electron chi connectivity index (χ4n) is 1.05. The maximum Gasteiger partial charge on any atom is 0.156 e. The van der Waals surface area contributed by atoms with Crippen molar-refractivity contribution in [2.45, 2.75) is 22.7 Å². The smallest absolute Gasteiger partial charge is 0.156 e. The van der Waals surface area contributed by atoms with Gasteiger partial charge in [0.1, 0.15) is 16.7 Å². The number of rotatable bonds is 3. The topological polar surface area (TPSA) is 64.7 Å². The summed E-state index contributed by atoms with van der Waals surface area (Å²) >= 11 is 3.10. The van der Waals surface area contributed by atoms with Crippen LogP contribution in [0.5, 0.6) is 0 Å². The van der Waals surface area contributed by atoms with E-state index in [0.29, 0.717) is 5.82 Å². The van der Waals surface area contributed by atoms with Crippen LogP contribution in [0.3, 0.4) is 0 Å². The molecule has 0 aliphatic rings. The second-order valence-corrected chi connectivity index (χ2v) is 4.96. The van der Waals surface area contributed by atoms with Gasteiger partial charge in [0.2, 0.25) is 0 Å². The van der Waals surface area contributed by atoms with Crippen molar-refractivity contribution in [3.05, 3.63) is 23.5 Å². The summed E-state index contributed by atoms with van der Waals surface area (Å²) in [6, 6.07) is 1.77. The number of hydrogen-bond donors (Lipinski definition) is 1. The van der Waals surface area contributed by atoms with Crippen molar-refractivity contribution in [1.29, 1.82) is 0 Å². The molecule has 78 valence electrons. The SMILES string of the molecule is CCc1nc(N)cc(Sc2nccs2)n1. The number of nitrogens with zero attached hydrogens (tertiary/aromatic N) is 3. The normalized spacial score (nSPS) is 10.5. The molecule has 0 saturated heterocycles. The Labute approximate surface area is 96.0 Å². The van der Waals surface area contributed by atoms with E-state index in [1.54, 1.807) is 23.6 Å². The van der Waals surface area contributed by atoms with Crippen LogP contribution in [-0.4, -0.2) is 15.0 Å². The highest BCUT2D eigenvalue weighted by Crippen LogP contribution is 2.28. The highest BCUT2D eigenvalue weighted by atomic mass is 32.2. The van der Waals surface area contributed by atoms with Gasteiger partial charge in [-0.3, -0.25) is 0 Å². The molecule has 2 rings (SSSR count). The molecule has 2 aromatic heterocycles. The minimum absolute atomic E-state index is 0.515. The first kappa shape index (κ1) is 10.4. The maximum absolute atomic E-state index is 5.68. The van der Waals surface area contributed by atoms with Crippen molar-refractivity contribution >= 4 is 28.9 Å². The summed E-state index contributed by atoms with van der Waals surface area (Å²) in [5.41, 5.74) is 5.68. The van der Waals surface area contributed by atoms with Crippen LogP contribution in [-0.2, 0) is 6.42 Å². The summed E-state index contributed by atoms with van der Waals surface area (Å²) < 4.78 is 0.968. The summed E-state index contributed by atoms with van der Waals surface area (Å²) in [5, 5.41) is 2.79. The molecule has 0 aliphatic carbocycles. The van der Waals surface area contributed by atoms with E-state index in [2.05, 4.69) is 15.0 Å². The number of nitrogens with two attached hydrogens (primary N) is 1. The van der Waals surface area contributed by atoms with Gasteiger partial charge < -0.3 is 5.73 Å². The lowest BCUT2D eigenvalue weighted by molar-refractivity contribution is 0.894. The van der Waals surface area contributed by atoms with Crippen LogP contribution in [0, 0.1) is 0 Å². The molecule has 0 amide bonds. The Kier molecular flexibility index (Phi) is 3.17. The van der Waals surface area contributed by atoms with Crippen molar-refractivity contribution in [2.24, 2.45) is 0 Å². The van der Waals surface area contributed by atoms with Gasteiger partial charge in [0.05, 0.1) is 0 Å². The molecule has 0 fully saturated rings. The van der Waals surface area contributed by atoms with Crippen LogP contribution < -0.4 is 5.73 Å². The van der Waals surface area contributed by atoms with E-state index in [-0.39, 0.29) is 0 Å². The predicted molar refractivity (Wildman–Crippen MR) is 62.1 cm³/mol. The van der Waals surface area contributed by atoms with Crippen LogP contribution in [0.4, 0.5) is 5.82 Å². The third-order valence-electron chi connectivity index (χ3n) is 1.69. The zero-order chi connectivity index (χ0) is 10.7. The molecule has 6 heteroatoms. The summed E-state index contributed by atoms with van der Waals surface area (Å²) in [6.45, 7) is 2.01. The Balaban J connectivity index is 2.24. The van der Waals surface area contributed by atoms with Crippen LogP contribution >= 0.6 is 23.1 Å². The van der Waals surface area contributed by atoms with E-state index in [1.165, 1.54) is 11.8 Å². The van der Waals surface area contributed by atoms with Gasteiger partial charge in [-0.25, -0.2) is 15.0 Å². The van der Waals surface area contributed by atoms with Gasteiger partial charge in [-0.05, 0) is 11.8 Å². The van der Waals surface area contributed by atoms with Gasteiger partial charge in [-0.2, -0.15) is 0 Å². The highest BCUT2D eigenvalue weighted by molar-refractivity contribution is 8.01. The molecule has 15 heavy (non-hydrogen) atoms. The molecule has 2 aromatic rings. The molecule has 2 N–H and O–H groups in total. The van der Waals surface area contributed by atoms with Crippen LogP contribution in [0.15, 0.2) is 27.0 Å². The summed E-state index contributed by atoms with van der Waals surface area (Å²) in [6.07, 6.45) is 2.56. The highest BCUT2D eigenvalue weighted by Gasteiger charge is 2.04. The van der Waals surface area contributed by atoms with Crippen molar-refractivity contribution < 1.29 is 0 Å². The van der Waals surface area contributed by atoms with E-state index < -0.39 is 0 Å². The van der Waals surface area contributed by atoms with E-state index in [9.17, 15) is 0 Å². The molecule has 0 bridgehead atoms. The van der Waals surface area contributed by atoms with Crippen molar-refractivity contribution in [1.82, 2.24) is 15.0 Å². The third-order valence-corrected chi connectivity index (χ3v) is 3.49. The van der Waals surface area contributed by atoms with E-state index in [1.807, 2.05) is 12.3 Å². The first-order valence-corrected chi connectivity index (χ1v) is 6.18. The summed E-state index contributed by atoms with van der Waals surface area (Å²) in [5.74, 6) is 1.29. The largest absolute Gasteiger partial charge is 0.384 e. The Morgan fingerprint density at radius 3 is 3.00 bits per heavy atom. The molecule has 0 saturated carbocycles. The van der Waals surface area contributed by atoms with Crippen molar-refractivity contribution in [3.63, 3.8) is 0 Å². The maximum atomic E-state index is 5.68. The first-order chi connectivity index (χ1) is 7.28. The Hall–Kier alpha value is -1.14. The quantitative estimate of drug-likeness (QED) is 0.831. The van der Waals surface area contributed by atoms with Gasteiger partial charge in [-0.15, -0.1) is 11.3 Å². The standard InChI is InChI=1S/C9H10N4S2/c1-2-7-12-6(10)5-8(13-7)15-9-11-3-4-14-9/h3-5H,2H2,1H3,(H2,10,12,13). The average molecular weight is 238 g/mol. The third kappa shape index (κ3) is 2.66. The molecular formula is C9H10N4S2. The van der Waals surface area contributed by atoms with Crippen LogP contribution in [0.1, 0.15) is 12.7 Å². The van der Waals surface area contributed by atoms with Gasteiger partial charge in [-0.1, -0.05) is 6.92 Å². The lowest BCUT2D eigenvalue weighted by Crippen LogP contribution is -1.99. The molecule has 4 nitrogen and oxygen atoms in total. The lowest BCUT2D eigenvalue weighted by atomic mass is 10.4. The fraction of sp³-hybridized carbons (Fsp3) is 0.222. The molecule has 0 radical (unpaired) electrons. The van der Waals surface area contributed by atoms with Crippen LogP contribution in [0.2, 0.25) is 0 Å². The molecule has 0 aromatic carbocycles. The lowest BCUT2D eigenvalue weighted by Gasteiger charge is -2.01. The zero-order valence-electron chi connectivity index (χ0n) is 8.17. The first-order valence-electron chi connectivity index (χ1n) is 4.48. The zero-order valence-corrected chi connectivity index (χ0v) is 9.81. The minimum atomic E-state index is 0.515. The van der Waals surface area contributed by atoms with E-state index in [0.717, 1.165) is 21.6 Å². The molecule has 0 spiro atoms. The Bertz CT molecular complexity index is 441. The molecule has 2 heterocycles. The van der Waals surface area contributed by atoms with Crippen molar-refractivity contribution in [2.75, 3.05) is 5.73 Å². The fourth-order valence-corrected chi connectivity index (χ4v) is 2.65. The molecule has 0 aliphatic heterocycles. The monoisotopic (exact) mass is 238 g/mol. The molecule has 0 atom stereocenters.